The third-order valence-electron chi connectivity index (χ3n) is 1.64. The normalized spacial score (nSPS) is 13.1. The van der Waals surface area contributed by atoms with E-state index in [-0.39, 0.29) is 12.1 Å². The predicted molar refractivity (Wildman–Crippen MR) is 55.1 cm³/mol. The van der Waals surface area contributed by atoms with Crippen LogP contribution in [0.1, 0.15) is 13.8 Å². The van der Waals surface area contributed by atoms with E-state index in [1.165, 1.54) is 6.08 Å². The molecule has 14 heavy (non-hydrogen) atoms. The molecule has 0 radical (unpaired) electrons. The Labute approximate surface area is 85.3 Å². The van der Waals surface area contributed by atoms with Crippen molar-refractivity contribution in [2.45, 2.75) is 20.0 Å². The van der Waals surface area contributed by atoms with Crippen molar-refractivity contribution in [2.75, 3.05) is 26.8 Å². The number of esters is 1. The molecule has 4 heteroatoms. The molecule has 0 spiro atoms. The highest BCUT2D eigenvalue weighted by Gasteiger charge is 1.96. The highest BCUT2D eigenvalue weighted by atomic mass is 16.5. The molecule has 1 unspecified atom stereocenters. The zero-order valence-corrected chi connectivity index (χ0v) is 9.08. The van der Waals surface area contributed by atoms with Gasteiger partial charge in [0.2, 0.25) is 0 Å². The van der Waals surface area contributed by atoms with Crippen LogP contribution in [0, 0.1) is 0 Å². The first-order valence-corrected chi connectivity index (χ1v) is 4.77. The Balaban J connectivity index is 3.39. The van der Waals surface area contributed by atoms with Crippen molar-refractivity contribution in [2.24, 2.45) is 0 Å². The number of nitrogens with one attached hydrogen (secondary N) is 1. The molecule has 0 aliphatic heterocycles. The largest absolute Gasteiger partial charge is 0.463 e. The van der Waals surface area contributed by atoms with Crippen LogP contribution in [-0.2, 0) is 14.3 Å². The maximum atomic E-state index is 10.8. The van der Waals surface area contributed by atoms with Crippen LogP contribution in [0.15, 0.2) is 12.2 Å². The molecule has 0 fully saturated rings. The van der Waals surface area contributed by atoms with Crippen LogP contribution in [0.5, 0.6) is 0 Å². The van der Waals surface area contributed by atoms with Crippen LogP contribution in [0.3, 0.4) is 0 Å². The summed E-state index contributed by atoms with van der Waals surface area (Å²) < 4.78 is 9.75. The van der Waals surface area contributed by atoms with Gasteiger partial charge in [-0.05, 0) is 13.8 Å². The molecule has 0 saturated carbocycles. The molecule has 0 bridgehead atoms. The maximum Gasteiger partial charge on any atom is 0.330 e. The van der Waals surface area contributed by atoms with Gasteiger partial charge in [-0.1, -0.05) is 6.08 Å². The first kappa shape index (κ1) is 13.1. The number of ether oxygens (including phenoxy) is 2. The zero-order chi connectivity index (χ0) is 10.8. The van der Waals surface area contributed by atoms with Gasteiger partial charge in [-0.2, -0.15) is 0 Å². The highest BCUT2D eigenvalue weighted by Crippen LogP contribution is 1.84. The number of carbonyl (C=O) groups is 1. The van der Waals surface area contributed by atoms with Crippen molar-refractivity contribution in [1.82, 2.24) is 5.32 Å². The van der Waals surface area contributed by atoms with Gasteiger partial charge in [0.1, 0.15) is 0 Å². The molecular weight excluding hydrogens is 182 g/mol. The summed E-state index contributed by atoms with van der Waals surface area (Å²) in [5.41, 5.74) is 0. The standard InChI is InChI=1S/C10H19NO3/c1-4-14-10(12)6-5-7-11-8-9(2)13-3/h5-6,9,11H,4,7-8H2,1-3H3/b6-5+. The molecule has 0 rings (SSSR count). The Morgan fingerprint density at radius 1 is 1.57 bits per heavy atom. The number of carbonyl (C=O) groups excluding carboxylic acids is 1. The third kappa shape index (κ3) is 7.76. The van der Waals surface area contributed by atoms with E-state index in [1.54, 1.807) is 20.1 Å². The Morgan fingerprint density at radius 2 is 2.29 bits per heavy atom. The average Bonchev–Trinajstić information content (AvgIpc) is 2.17. The summed E-state index contributed by atoms with van der Waals surface area (Å²) in [7, 11) is 1.67. The van der Waals surface area contributed by atoms with Gasteiger partial charge in [-0.15, -0.1) is 0 Å². The minimum atomic E-state index is -0.297. The smallest absolute Gasteiger partial charge is 0.330 e. The minimum Gasteiger partial charge on any atom is -0.463 e. The molecule has 4 nitrogen and oxygen atoms in total. The van der Waals surface area contributed by atoms with Crippen molar-refractivity contribution in [3.63, 3.8) is 0 Å². The van der Waals surface area contributed by atoms with Crippen molar-refractivity contribution >= 4 is 5.97 Å². The fourth-order valence-corrected chi connectivity index (χ4v) is 0.799. The van der Waals surface area contributed by atoms with E-state index in [4.69, 9.17) is 9.47 Å². The second-order valence-electron chi connectivity index (χ2n) is 2.86. The fraction of sp³-hybridized carbons (Fsp3) is 0.700. The lowest BCUT2D eigenvalue weighted by molar-refractivity contribution is -0.137. The lowest BCUT2D eigenvalue weighted by atomic mass is 10.4. The van der Waals surface area contributed by atoms with E-state index in [9.17, 15) is 4.79 Å². The van der Waals surface area contributed by atoms with E-state index in [0.717, 1.165) is 6.54 Å². The van der Waals surface area contributed by atoms with Crippen molar-refractivity contribution in [3.8, 4) is 0 Å². The number of rotatable bonds is 7. The number of hydrogen-bond acceptors (Lipinski definition) is 4. The molecule has 0 aliphatic rings. The third-order valence-corrected chi connectivity index (χ3v) is 1.64. The average molecular weight is 201 g/mol. The van der Waals surface area contributed by atoms with Gasteiger partial charge < -0.3 is 14.8 Å². The molecule has 0 saturated heterocycles. The van der Waals surface area contributed by atoms with Gasteiger partial charge in [0.15, 0.2) is 0 Å². The molecule has 1 atom stereocenters. The van der Waals surface area contributed by atoms with Gasteiger partial charge >= 0.3 is 5.97 Å². The van der Waals surface area contributed by atoms with E-state index < -0.39 is 0 Å². The van der Waals surface area contributed by atoms with Gasteiger partial charge in [-0.25, -0.2) is 4.79 Å². The van der Waals surface area contributed by atoms with Crippen LogP contribution < -0.4 is 5.32 Å². The lowest BCUT2D eigenvalue weighted by Gasteiger charge is -2.08. The Bertz CT molecular complexity index is 180. The van der Waals surface area contributed by atoms with Crippen LogP contribution in [0.25, 0.3) is 0 Å². The van der Waals surface area contributed by atoms with Gasteiger partial charge in [0.25, 0.3) is 0 Å². The molecule has 0 heterocycles. The maximum absolute atomic E-state index is 10.8. The van der Waals surface area contributed by atoms with Crippen molar-refractivity contribution in [1.29, 1.82) is 0 Å². The van der Waals surface area contributed by atoms with Crippen LogP contribution in [0.4, 0.5) is 0 Å². The van der Waals surface area contributed by atoms with E-state index in [0.29, 0.717) is 13.2 Å². The summed E-state index contributed by atoms with van der Waals surface area (Å²) in [5.74, 6) is -0.297. The van der Waals surface area contributed by atoms with E-state index in [1.807, 2.05) is 6.92 Å². The molecule has 0 aromatic heterocycles. The quantitative estimate of drug-likeness (QED) is 0.375. The summed E-state index contributed by atoms with van der Waals surface area (Å²) in [5, 5.41) is 3.11. The van der Waals surface area contributed by atoms with Gasteiger partial charge in [0.05, 0.1) is 12.7 Å². The summed E-state index contributed by atoms with van der Waals surface area (Å²) in [4.78, 5) is 10.8. The summed E-state index contributed by atoms with van der Waals surface area (Å²) in [6, 6.07) is 0. The lowest BCUT2D eigenvalue weighted by Crippen LogP contribution is -2.26. The second-order valence-corrected chi connectivity index (χ2v) is 2.86. The van der Waals surface area contributed by atoms with E-state index in [2.05, 4.69) is 5.32 Å². The van der Waals surface area contributed by atoms with Crippen LogP contribution in [0.2, 0.25) is 0 Å². The SMILES string of the molecule is CCOC(=O)/C=C/CNCC(C)OC. The van der Waals surface area contributed by atoms with Gasteiger partial charge in [-0.3, -0.25) is 0 Å². The highest BCUT2D eigenvalue weighted by molar-refractivity contribution is 5.81. The molecule has 0 aliphatic carbocycles. The van der Waals surface area contributed by atoms with Crippen molar-refractivity contribution in [3.05, 3.63) is 12.2 Å². The molecule has 0 amide bonds. The summed E-state index contributed by atoms with van der Waals surface area (Å²) in [6.07, 6.45) is 3.35. The zero-order valence-electron chi connectivity index (χ0n) is 9.08. The summed E-state index contributed by atoms with van der Waals surface area (Å²) >= 11 is 0. The van der Waals surface area contributed by atoms with Crippen LogP contribution in [-0.4, -0.2) is 38.9 Å². The fourth-order valence-electron chi connectivity index (χ4n) is 0.799. The first-order chi connectivity index (χ1) is 6.70. The Kier molecular flexibility index (Phi) is 8.17. The monoisotopic (exact) mass is 201 g/mol. The van der Waals surface area contributed by atoms with E-state index >= 15 is 0 Å². The Hall–Kier alpha value is -0.870. The van der Waals surface area contributed by atoms with Gasteiger partial charge in [0, 0.05) is 26.3 Å². The summed E-state index contributed by atoms with van der Waals surface area (Å²) in [6.45, 7) is 5.58. The predicted octanol–water partition coefficient (Wildman–Crippen LogP) is 0.730. The van der Waals surface area contributed by atoms with Crippen LogP contribution >= 0.6 is 0 Å². The topological polar surface area (TPSA) is 47.6 Å². The second kappa shape index (κ2) is 8.72. The van der Waals surface area contributed by atoms with Crippen molar-refractivity contribution < 1.29 is 14.3 Å². The molecule has 0 aromatic rings. The number of hydrogen-bond donors (Lipinski definition) is 1. The number of methoxy groups -OCH3 is 1. The molecular formula is C10H19NO3. The Morgan fingerprint density at radius 3 is 2.86 bits per heavy atom. The molecule has 82 valence electrons. The minimum absolute atomic E-state index is 0.186. The molecule has 1 N–H and O–H groups in total. The first-order valence-electron chi connectivity index (χ1n) is 4.77. The molecule has 0 aromatic carbocycles.